The number of amides is 1. The minimum absolute atomic E-state index is 0.0149. The number of anilines is 1. The molecule has 0 saturated heterocycles. The number of carbonyl (C=O) groups is 1. The lowest BCUT2D eigenvalue weighted by Crippen LogP contribution is -2.34. The molecule has 0 radical (unpaired) electrons. The van der Waals surface area contributed by atoms with Crippen LogP contribution in [0, 0.1) is 0 Å². The van der Waals surface area contributed by atoms with Gasteiger partial charge in [0.1, 0.15) is 5.75 Å². The zero-order valence-electron chi connectivity index (χ0n) is 15.8. The number of carbonyl (C=O) groups excluding carboxylic acids is 1. The fourth-order valence-electron chi connectivity index (χ4n) is 2.94. The smallest absolute Gasteiger partial charge is 0.260 e. The van der Waals surface area contributed by atoms with Gasteiger partial charge in [0.25, 0.3) is 5.91 Å². The van der Waals surface area contributed by atoms with Crippen LogP contribution in [-0.2, 0) is 4.79 Å². The summed E-state index contributed by atoms with van der Waals surface area (Å²) < 4.78 is 12.8. The lowest BCUT2D eigenvalue weighted by Gasteiger charge is -2.18. The maximum atomic E-state index is 12.2. The molecular weight excluding hydrogens is 344 g/mol. The largest absolute Gasteiger partial charge is 0.495 e. The lowest BCUT2D eigenvalue weighted by atomic mass is 10.1. The number of rotatable bonds is 7. The normalized spacial score (nSPS) is 10.8. The van der Waals surface area contributed by atoms with E-state index < -0.39 is 0 Å². The Morgan fingerprint density at radius 3 is 2.67 bits per heavy atom. The molecule has 7 nitrogen and oxygen atoms in total. The van der Waals surface area contributed by atoms with Gasteiger partial charge in [-0.2, -0.15) is 0 Å². The van der Waals surface area contributed by atoms with Crippen LogP contribution in [0.15, 0.2) is 42.7 Å². The fraction of sp³-hybridized carbons (Fsp3) is 0.300. The van der Waals surface area contributed by atoms with Gasteiger partial charge in [0.15, 0.2) is 18.0 Å². The molecule has 0 bridgehead atoms. The summed E-state index contributed by atoms with van der Waals surface area (Å²) in [6, 6.07) is 9.21. The molecule has 0 atom stereocenters. The number of nitrogen functional groups attached to an aromatic ring is 1. The molecule has 3 aromatic rings. The van der Waals surface area contributed by atoms with Crippen molar-refractivity contribution in [1.29, 1.82) is 0 Å². The Morgan fingerprint density at radius 2 is 2.00 bits per heavy atom. The Hall–Kier alpha value is -3.22. The van der Waals surface area contributed by atoms with Crippen molar-refractivity contribution in [3.8, 4) is 22.8 Å². The average molecular weight is 368 g/mol. The minimum atomic E-state index is -0.0447. The molecule has 0 unspecified atom stereocenters. The van der Waals surface area contributed by atoms with Crippen molar-refractivity contribution in [3.63, 3.8) is 0 Å². The number of nitrogens with two attached hydrogens (primary N) is 1. The summed E-state index contributed by atoms with van der Waals surface area (Å²) >= 11 is 0. The summed E-state index contributed by atoms with van der Waals surface area (Å²) in [4.78, 5) is 18.6. The van der Waals surface area contributed by atoms with Crippen molar-refractivity contribution >= 4 is 17.2 Å². The van der Waals surface area contributed by atoms with Gasteiger partial charge < -0.3 is 24.5 Å². The molecule has 0 aliphatic rings. The van der Waals surface area contributed by atoms with E-state index in [1.54, 1.807) is 12.0 Å². The van der Waals surface area contributed by atoms with E-state index in [-0.39, 0.29) is 12.5 Å². The molecule has 7 heteroatoms. The number of ether oxygens (including phenoxy) is 2. The van der Waals surface area contributed by atoms with Crippen LogP contribution < -0.4 is 15.2 Å². The van der Waals surface area contributed by atoms with Crippen molar-refractivity contribution in [2.24, 2.45) is 0 Å². The average Bonchev–Trinajstić information content (AvgIpc) is 3.12. The molecule has 142 valence electrons. The van der Waals surface area contributed by atoms with Crippen LogP contribution in [0.5, 0.6) is 11.5 Å². The number of methoxy groups -OCH3 is 1. The third kappa shape index (κ3) is 3.81. The standard InChI is InChI=1S/C20H24N4O3/c1-4-23(5-2)19(25)13-27-18-7-6-10-24-12-16(22-20(18)24)14-8-9-17(26-3)15(21)11-14/h6-12H,4-5,13,21H2,1-3H3. The van der Waals surface area contributed by atoms with Gasteiger partial charge in [-0.15, -0.1) is 0 Å². The van der Waals surface area contributed by atoms with Crippen molar-refractivity contribution in [2.45, 2.75) is 13.8 Å². The van der Waals surface area contributed by atoms with E-state index in [2.05, 4.69) is 4.98 Å². The van der Waals surface area contributed by atoms with E-state index in [4.69, 9.17) is 15.2 Å². The predicted molar refractivity (Wildman–Crippen MR) is 105 cm³/mol. The monoisotopic (exact) mass is 368 g/mol. The van der Waals surface area contributed by atoms with Gasteiger partial charge in [0.2, 0.25) is 0 Å². The number of imidazole rings is 1. The zero-order chi connectivity index (χ0) is 19.4. The Balaban J connectivity index is 1.87. The molecule has 0 aliphatic carbocycles. The van der Waals surface area contributed by atoms with Crippen LogP contribution in [0.2, 0.25) is 0 Å². The molecular formula is C20H24N4O3. The van der Waals surface area contributed by atoms with E-state index in [1.165, 1.54) is 0 Å². The summed E-state index contributed by atoms with van der Waals surface area (Å²) in [6.07, 6.45) is 3.79. The van der Waals surface area contributed by atoms with Gasteiger partial charge in [-0.3, -0.25) is 4.79 Å². The highest BCUT2D eigenvalue weighted by Crippen LogP contribution is 2.29. The highest BCUT2D eigenvalue weighted by molar-refractivity contribution is 5.78. The molecule has 0 spiro atoms. The molecule has 0 fully saturated rings. The number of pyridine rings is 1. The summed E-state index contributed by atoms with van der Waals surface area (Å²) in [5.41, 5.74) is 8.84. The first-order valence-electron chi connectivity index (χ1n) is 8.89. The Labute approximate surface area is 158 Å². The molecule has 0 saturated carbocycles. The maximum absolute atomic E-state index is 12.2. The SMILES string of the molecule is CCN(CC)C(=O)COc1cccn2cc(-c3ccc(OC)c(N)c3)nc12. The molecule has 2 heterocycles. The fourth-order valence-corrected chi connectivity index (χ4v) is 2.94. The number of nitrogens with zero attached hydrogens (tertiary/aromatic N) is 3. The summed E-state index contributed by atoms with van der Waals surface area (Å²) in [5, 5.41) is 0. The summed E-state index contributed by atoms with van der Waals surface area (Å²) in [5.74, 6) is 1.14. The second-order valence-electron chi connectivity index (χ2n) is 6.04. The van der Waals surface area contributed by atoms with Gasteiger partial charge >= 0.3 is 0 Å². The first-order chi connectivity index (χ1) is 13.1. The number of hydrogen-bond donors (Lipinski definition) is 1. The van der Waals surface area contributed by atoms with Crippen LogP contribution in [0.25, 0.3) is 16.9 Å². The third-order valence-electron chi connectivity index (χ3n) is 4.44. The first-order valence-corrected chi connectivity index (χ1v) is 8.89. The van der Waals surface area contributed by atoms with Gasteiger partial charge in [0, 0.05) is 31.0 Å². The number of fused-ring (bicyclic) bond motifs is 1. The lowest BCUT2D eigenvalue weighted by molar-refractivity contribution is -0.132. The highest BCUT2D eigenvalue weighted by atomic mass is 16.5. The van der Waals surface area contributed by atoms with E-state index in [1.807, 2.05) is 61.0 Å². The Morgan fingerprint density at radius 1 is 1.22 bits per heavy atom. The molecule has 1 amide bonds. The number of aromatic nitrogens is 2. The van der Waals surface area contributed by atoms with E-state index in [0.29, 0.717) is 35.9 Å². The van der Waals surface area contributed by atoms with Gasteiger partial charge in [-0.05, 0) is 44.2 Å². The molecule has 2 aromatic heterocycles. The molecule has 0 aliphatic heterocycles. The van der Waals surface area contributed by atoms with Gasteiger partial charge in [0.05, 0.1) is 18.5 Å². The van der Waals surface area contributed by atoms with Crippen molar-refractivity contribution in [3.05, 3.63) is 42.7 Å². The van der Waals surface area contributed by atoms with Crippen LogP contribution >= 0.6 is 0 Å². The Bertz CT molecular complexity index is 948. The molecule has 3 rings (SSSR count). The van der Waals surface area contributed by atoms with Crippen molar-refractivity contribution < 1.29 is 14.3 Å². The van der Waals surface area contributed by atoms with Crippen LogP contribution in [0.1, 0.15) is 13.8 Å². The second kappa shape index (κ2) is 7.99. The van der Waals surface area contributed by atoms with Gasteiger partial charge in [-0.1, -0.05) is 0 Å². The van der Waals surface area contributed by atoms with Crippen LogP contribution in [-0.4, -0.2) is 47.0 Å². The third-order valence-corrected chi connectivity index (χ3v) is 4.44. The topological polar surface area (TPSA) is 82.1 Å². The molecule has 2 N–H and O–H groups in total. The maximum Gasteiger partial charge on any atom is 0.260 e. The number of likely N-dealkylation sites (N-methyl/N-ethyl adjacent to an activating group) is 1. The quantitative estimate of drug-likeness (QED) is 0.649. The molecule has 27 heavy (non-hydrogen) atoms. The van der Waals surface area contributed by atoms with Crippen molar-refractivity contribution in [1.82, 2.24) is 14.3 Å². The summed E-state index contributed by atoms with van der Waals surface area (Å²) in [7, 11) is 1.58. The van der Waals surface area contributed by atoms with E-state index >= 15 is 0 Å². The van der Waals surface area contributed by atoms with Crippen LogP contribution in [0.3, 0.4) is 0 Å². The summed E-state index contributed by atoms with van der Waals surface area (Å²) in [6.45, 7) is 5.21. The highest BCUT2D eigenvalue weighted by Gasteiger charge is 2.14. The van der Waals surface area contributed by atoms with Crippen molar-refractivity contribution in [2.75, 3.05) is 32.5 Å². The first kappa shape index (κ1) is 18.6. The van der Waals surface area contributed by atoms with E-state index in [0.717, 1.165) is 11.3 Å². The second-order valence-corrected chi connectivity index (χ2v) is 6.04. The molecule has 1 aromatic carbocycles. The zero-order valence-corrected chi connectivity index (χ0v) is 15.8. The van der Waals surface area contributed by atoms with Crippen LogP contribution in [0.4, 0.5) is 5.69 Å². The number of benzene rings is 1. The predicted octanol–water partition coefficient (Wildman–Crippen LogP) is 2.84. The van der Waals surface area contributed by atoms with E-state index in [9.17, 15) is 4.79 Å². The van der Waals surface area contributed by atoms with Gasteiger partial charge in [-0.25, -0.2) is 4.98 Å². The Kier molecular flexibility index (Phi) is 5.49. The minimum Gasteiger partial charge on any atom is -0.495 e. The number of hydrogen-bond acceptors (Lipinski definition) is 5.